The Morgan fingerprint density at radius 3 is 2.50 bits per heavy atom. The molecule has 4 aliphatic carbocycles. The van der Waals surface area contributed by atoms with Crippen molar-refractivity contribution in [2.24, 2.45) is 58.2 Å². The van der Waals surface area contributed by atoms with E-state index in [-0.39, 0.29) is 5.91 Å². The minimum atomic E-state index is -0.0351. The molecule has 0 heterocycles. The fourth-order valence-electron chi connectivity index (χ4n) is 10.1. The van der Waals surface area contributed by atoms with Crippen molar-refractivity contribution in [3.8, 4) is 12.3 Å². The molecule has 1 amide bonds. The van der Waals surface area contributed by atoms with E-state index in [1.807, 2.05) is 0 Å². The van der Waals surface area contributed by atoms with Crippen LogP contribution < -0.4 is 5.32 Å². The van der Waals surface area contributed by atoms with E-state index in [0.29, 0.717) is 16.7 Å². The third kappa shape index (κ3) is 5.47. The van der Waals surface area contributed by atoms with E-state index in [9.17, 15) is 4.79 Å². The van der Waals surface area contributed by atoms with E-state index in [1.54, 1.807) is 0 Å². The van der Waals surface area contributed by atoms with E-state index in [0.717, 1.165) is 54.4 Å². The first-order valence-corrected chi connectivity index (χ1v) is 15.6. The molecule has 4 rings (SSSR count). The van der Waals surface area contributed by atoms with Gasteiger partial charge in [0.1, 0.15) is 0 Å². The highest BCUT2D eigenvalue weighted by Crippen LogP contribution is 2.68. The highest BCUT2D eigenvalue weighted by Gasteiger charge is 2.60. The molecule has 0 aromatic heterocycles. The van der Waals surface area contributed by atoms with Crippen LogP contribution in [0.3, 0.4) is 0 Å². The lowest BCUT2D eigenvalue weighted by Crippen LogP contribution is -2.53. The Bertz CT molecular complexity index is 808. The summed E-state index contributed by atoms with van der Waals surface area (Å²) >= 11 is 0. The van der Waals surface area contributed by atoms with Crippen LogP contribution in [0.15, 0.2) is 12.7 Å². The van der Waals surface area contributed by atoms with Crippen LogP contribution in [0.1, 0.15) is 118 Å². The first-order chi connectivity index (χ1) is 17.2. The van der Waals surface area contributed by atoms with Crippen LogP contribution in [0.5, 0.6) is 0 Å². The van der Waals surface area contributed by atoms with E-state index >= 15 is 0 Å². The van der Waals surface area contributed by atoms with E-state index in [4.69, 9.17) is 6.42 Å². The Balaban J connectivity index is 1.36. The molecular weight excluding hydrogens is 438 g/mol. The smallest absolute Gasteiger partial charge is 0.243 e. The maximum Gasteiger partial charge on any atom is 0.243 e. The fraction of sp³-hybridized carbons (Fsp3) is 0.853. The second-order valence-electron chi connectivity index (χ2n) is 14.3. The van der Waals surface area contributed by atoms with Crippen molar-refractivity contribution in [1.82, 2.24) is 5.32 Å². The minimum Gasteiger partial charge on any atom is -0.353 e. The fourth-order valence-corrected chi connectivity index (χ4v) is 10.1. The van der Waals surface area contributed by atoms with Gasteiger partial charge in [-0.2, -0.15) is 0 Å². The van der Waals surface area contributed by atoms with Crippen molar-refractivity contribution in [2.75, 3.05) is 6.54 Å². The van der Waals surface area contributed by atoms with Crippen LogP contribution in [-0.2, 0) is 4.79 Å². The largest absolute Gasteiger partial charge is 0.353 e. The lowest BCUT2D eigenvalue weighted by atomic mass is 9.44. The van der Waals surface area contributed by atoms with Gasteiger partial charge >= 0.3 is 0 Å². The third-order valence-electron chi connectivity index (χ3n) is 12.1. The summed E-state index contributed by atoms with van der Waals surface area (Å²) in [6.45, 7) is 14.4. The van der Waals surface area contributed by atoms with Gasteiger partial charge in [-0.1, -0.05) is 47.1 Å². The van der Waals surface area contributed by atoms with Gasteiger partial charge in [0.15, 0.2) is 0 Å². The Hall–Kier alpha value is -1.23. The molecule has 0 aliphatic heterocycles. The van der Waals surface area contributed by atoms with Crippen LogP contribution >= 0.6 is 0 Å². The monoisotopic (exact) mass is 493 g/mol. The zero-order valence-corrected chi connectivity index (χ0v) is 24.0. The van der Waals surface area contributed by atoms with Gasteiger partial charge in [-0.05, 0) is 135 Å². The van der Waals surface area contributed by atoms with Gasteiger partial charge in [-0.25, -0.2) is 0 Å². The zero-order chi connectivity index (χ0) is 25.9. The minimum absolute atomic E-state index is 0.0351. The number of hydrogen-bond acceptors (Lipinski definition) is 1. The van der Waals surface area contributed by atoms with Crippen molar-refractivity contribution >= 4 is 5.91 Å². The molecule has 2 nitrogen and oxygen atoms in total. The molecule has 4 unspecified atom stereocenters. The standard InChI is InChI=1S/C34H55NO/c1-7-26(13-9-11-24(3)4)29-16-17-30-28-15-14-27-23-25(12-10-22-35-32(36)8-2)18-20-33(27,5)31(28)19-21-34(29,30)6/h1,8,24-31H,2,9-23H2,3-6H3,(H,35,36)/t25-,26+,27?,28?,29+,30?,31?,33-,34+/m0/s1. The average Bonchev–Trinajstić information content (AvgIpc) is 3.21. The summed E-state index contributed by atoms with van der Waals surface area (Å²) in [6.07, 6.45) is 26.7. The van der Waals surface area contributed by atoms with Gasteiger partial charge < -0.3 is 5.32 Å². The van der Waals surface area contributed by atoms with Crippen molar-refractivity contribution in [1.29, 1.82) is 0 Å². The van der Waals surface area contributed by atoms with Crippen LogP contribution in [0, 0.1) is 70.5 Å². The maximum atomic E-state index is 11.4. The van der Waals surface area contributed by atoms with Crippen LogP contribution in [-0.4, -0.2) is 12.5 Å². The van der Waals surface area contributed by atoms with Gasteiger partial charge in [-0.3, -0.25) is 4.79 Å². The first kappa shape index (κ1) is 27.8. The third-order valence-corrected chi connectivity index (χ3v) is 12.1. The van der Waals surface area contributed by atoms with E-state index in [1.165, 1.54) is 89.5 Å². The summed E-state index contributed by atoms with van der Waals surface area (Å²) in [5, 5.41) is 2.96. The lowest BCUT2D eigenvalue weighted by Gasteiger charge is -2.61. The number of carbonyl (C=O) groups excluding carboxylic acids is 1. The molecule has 9 atom stereocenters. The SMILES string of the molecule is C#C[C@H](CCCC(C)C)[C@H]1CCC2C3CCC4C[C@@H](CCCNC(=O)C=C)CC[C@]4(C)C3CC[C@@]21C. The Morgan fingerprint density at radius 2 is 1.78 bits per heavy atom. The molecule has 0 aromatic carbocycles. The maximum absolute atomic E-state index is 11.4. The van der Waals surface area contributed by atoms with Crippen molar-refractivity contribution in [2.45, 2.75) is 118 Å². The Morgan fingerprint density at radius 1 is 1.03 bits per heavy atom. The number of nitrogens with one attached hydrogen (secondary N) is 1. The molecule has 1 N–H and O–H groups in total. The number of amides is 1. The van der Waals surface area contributed by atoms with Gasteiger partial charge in [0.25, 0.3) is 0 Å². The highest BCUT2D eigenvalue weighted by atomic mass is 16.1. The molecule has 202 valence electrons. The zero-order valence-electron chi connectivity index (χ0n) is 24.0. The van der Waals surface area contributed by atoms with Gasteiger partial charge in [-0.15, -0.1) is 12.3 Å². The predicted octanol–water partition coefficient (Wildman–Crippen LogP) is 8.42. The molecule has 2 heteroatoms. The summed E-state index contributed by atoms with van der Waals surface area (Å²) in [5.74, 6) is 9.86. The van der Waals surface area contributed by atoms with Gasteiger partial charge in [0.05, 0.1) is 0 Å². The number of fused-ring (bicyclic) bond motifs is 5. The normalized spacial score (nSPS) is 40.4. The van der Waals surface area contributed by atoms with Crippen molar-refractivity contribution in [3.05, 3.63) is 12.7 Å². The molecule has 36 heavy (non-hydrogen) atoms. The predicted molar refractivity (Wildman–Crippen MR) is 152 cm³/mol. The van der Waals surface area contributed by atoms with Crippen molar-refractivity contribution < 1.29 is 4.79 Å². The molecule has 4 saturated carbocycles. The molecule has 4 fully saturated rings. The second-order valence-corrected chi connectivity index (χ2v) is 14.3. The Kier molecular flexibility index (Phi) is 9.00. The highest BCUT2D eigenvalue weighted by molar-refractivity contribution is 5.86. The van der Waals surface area contributed by atoms with Gasteiger partial charge in [0.2, 0.25) is 5.91 Å². The summed E-state index contributed by atoms with van der Waals surface area (Å²) in [5.41, 5.74) is 1.03. The number of hydrogen-bond donors (Lipinski definition) is 1. The summed E-state index contributed by atoms with van der Waals surface area (Å²) < 4.78 is 0. The average molecular weight is 494 g/mol. The molecule has 0 saturated heterocycles. The number of rotatable bonds is 10. The topological polar surface area (TPSA) is 29.1 Å². The van der Waals surface area contributed by atoms with E-state index in [2.05, 4.69) is 45.5 Å². The van der Waals surface area contributed by atoms with Crippen molar-refractivity contribution in [3.63, 3.8) is 0 Å². The molecule has 0 bridgehead atoms. The van der Waals surface area contributed by atoms with E-state index < -0.39 is 0 Å². The quantitative estimate of drug-likeness (QED) is 0.185. The van der Waals surface area contributed by atoms with Crippen LogP contribution in [0.2, 0.25) is 0 Å². The molecule has 0 aromatic rings. The molecule has 0 radical (unpaired) electrons. The summed E-state index contributed by atoms with van der Waals surface area (Å²) in [4.78, 5) is 11.4. The molecular formula is C34H55NO. The molecule has 4 aliphatic rings. The summed E-state index contributed by atoms with van der Waals surface area (Å²) in [7, 11) is 0. The second kappa shape index (κ2) is 11.7. The Labute approximate surface area is 223 Å². The summed E-state index contributed by atoms with van der Waals surface area (Å²) in [6, 6.07) is 0. The number of carbonyl (C=O) groups is 1. The lowest BCUT2D eigenvalue weighted by molar-refractivity contribution is -0.120. The first-order valence-electron chi connectivity index (χ1n) is 15.6. The van der Waals surface area contributed by atoms with Crippen LogP contribution in [0.25, 0.3) is 0 Å². The van der Waals surface area contributed by atoms with Gasteiger partial charge in [0, 0.05) is 12.5 Å². The molecule has 0 spiro atoms. The number of terminal acetylenes is 1. The van der Waals surface area contributed by atoms with Crippen LogP contribution in [0.4, 0.5) is 0 Å².